The number of hydrogen-bond donors (Lipinski definition) is 1. The summed E-state index contributed by atoms with van der Waals surface area (Å²) >= 11 is 3.46. The van der Waals surface area contributed by atoms with Crippen LogP contribution >= 0.6 is 15.9 Å². The van der Waals surface area contributed by atoms with Gasteiger partial charge in [-0.15, -0.1) is 0 Å². The van der Waals surface area contributed by atoms with Crippen LogP contribution < -0.4 is 10.1 Å². The Morgan fingerprint density at radius 2 is 1.95 bits per heavy atom. The van der Waals surface area contributed by atoms with E-state index in [1.807, 2.05) is 6.07 Å². The highest BCUT2D eigenvalue weighted by atomic mass is 79.9. The molecule has 0 radical (unpaired) electrons. The molecule has 2 aromatic carbocycles. The predicted molar refractivity (Wildman–Crippen MR) is 82.6 cm³/mol. The number of ether oxygens (including phenoxy) is 1. The molecule has 0 spiro atoms. The summed E-state index contributed by atoms with van der Waals surface area (Å²) in [6.07, 6.45) is 1.07. The monoisotopic (exact) mass is 355 g/mol. The Morgan fingerprint density at radius 3 is 2.67 bits per heavy atom. The summed E-state index contributed by atoms with van der Waals surface area (Å²) in [7, 11) is 0. The molecule has 2 aromatic rings. The summed E-state index contributed by atoms with van der Waals surface area (Å²) in [5, 5.41) is 3.30. The van der Waals surface area contributed by atoms with Gasteiger partial charge in [-0.1, -0.05) is 28.9 Å². The van der Waals surface area contributed by atoms with E-state index in [2.05, 4.69) is 28.2 Å². The van der Waals surface area contributed by atoms with E-state index in [0.29, 0.717) is 5.75 Å². The van der Waals surface area contributed by atoms with Crippen LogP contribution in [0.15, 0.2) is 40.9 Å². The fraction of sp³-hybridized carbons (Fsp3) is 0.250. The minimum absolute atomic E-state index is 0.126. The van der Waals surface area contributed by atoms with Gasteiger partial charge in [0, 0.05) is 17.1 Å². The summed E-state index contributed by atoms with van der Waals surface area (Å²) in [4.78, 5) is 0. The van der Waals surface area contributed by atoms with Crippen LogP contribution in [0.1, 0.15) is 18.9 Å². The quantitative estimate of drug-likeness (QED) is 0.734. The number of benzene rings is 2. The number of nitrogens with one attached hydrogen (secondary N) is 1. The molecule has 1 N–H and O–H groups in total. The van der Waals surface area contributed by atoms with Crippen molar-refractivity contribution in [2.24, 2.45) is 0 Å². The highest BCUT2D eigenvalue weighted by molar-refractivity contribution is 9.10. The molecule has 2 nitrogen and oxygen atoms in total. The van der Waals surface area contributed by atoms with E-state index in [9.17, 15) is 8.78 Å². The van der Waals surface area contributed by atoms with Crippen LogP contribution in [0.4, 0.5) is 8.78 Å². The molecule has 0 bridgehead atoms. The van der Waals surface area contributed by atoms with Crippen LogP contribution in [0.5, 0.6) is 11.5 Å². The molecule has 0 amide bonds. The van der Waals surface area contributed by atoms with Gasteiger partial charge in [0.05, 0.1) is 0 Å². The van der Waals surface area contributed by atoms with Crippen molar-refractivity contribution in [3.8, 4) is 11.5 Å². The van der Waals surface area contributed by atoms with Crippen molar-refractivity contribution in [1.82, 2.24) is 5.32 Å². The minimum Gasteiger partial charge on any atom is -0.454 e. The molecule has 2 rings (SSSR count). The molecule has 112 valence electrons. The van der Waals surface area contributed by atoms with Gasteiger partial charge >= 0.3 is 0 Å². The first-order valence-electron chi connectivity index (χ1n) is 6.72. The highest BCUT2D eigenvalue weighted by Crippen LogP contribution is 2.29. The zero-order chi connectivity index (χ0) is 15.2. The Hall–Kier alpha value is -1.46. The summed E-state index contributed by atoms with van der Waals surface area (Å²) < 4.78 is 32.9. The van der Waals surface area contributed by atoms with Crippen molar-refractivity contribution in [2.45, 2.75) is 19.9 Å². The molecule has 0 unspecified atom stereocenters. The maximum atomic E-state index is 13.5. The SMILES string of the molecule is CCCNCc1ccc(Oc2cc(F)ccc2F)cc1Br. The largest absolute Gasteiger partial charge is 0.454 e. The average molecular weight is 356 g/mol. The molecule has 21 heavy (non-hydrogen) atoms. The van der Waals surface area contributed by atoms with Gasteiger partial charge in [-0.2, -0.15) is 0 Å². The van der Waals surface area contributed by atoms with Crippen molar-refractivity contribution in [3.63, 3.8) is 0 Å². The van der Waals surface area contributed by atoms with E-state index in [4.69, 9.17) is 4.74 Å². The molecule has 0 heterocycles. The second kappa shape index (κ2) is 7.52. The Morgan fingerprint density at radius 1 is 1.14 bits per heavy atom. The van der Waals surface area contributed by atoms with Crippen molar-refractivity contribution >= 4 is 15.9 Å². The third-order valence-electron chi connectivity index (χ3n) is 2.89. The molecule has 0 aliphatic carbocycles. The van der Waals surface area contributed by atoms with Crippen molar-refractivity contribution < 1.29 is 13.5 Å². The van der Waals surface area contributed by atoms with Crippen molar-refractivity contribution in [2.75, 3.05) is 6.54 Å². The molecule has 0 atom stereocenters. The lowest BCUT2D eigenvalue weighted by molar-refractivity contribution is 0.436. The fourth-order valence-corrected chi connectivity index (χ4v) is 2.32. The van der Waals surface area contributed by atoms with Gasteiger partial charge < -0.3 is 10.1 Å². The Kier molecular flexibility index (Phi) is 5.70. The lowest BCUT2D eigenvalue weighted by atomic mass is 10.2. The number of hydrogen-bond acceptors (Lipinski definition) is 2. The smallest absolute Gasteiger partial charge is 0.165 e. The molecular formula is C16H16BrF2NO. The van der Waals surface area contributed by atoms with E-state index in [1.54, 1.807) is 12.1 Å². The van der Waals surface area contributed by atoms with E-state index < -0.39 is 11.6 Å². The van der Waals surface area contributed by atoms with Gasteiger partial charge in [-0.3, -0.25) is 0 Å². The second-order valence-electron chi connectivity index (χ2n) is 4.61. The molecule has 0 aromatic heterocycles. The van der Waals surface area contributed by atoms with Gasteiger partial charge in [0.15, 0.2) is 11.6 Å². The standard InChI is InChI=1S/C16H16BrF2NO/c1-2-7-20-10-11-3-5-13(9-14(11)17)21-16-8-12(18)4-6-15(16)19/h3-6,8-9,20H,2,7,10H2,1H3. The molecule has 0 aliphatic rings. The topological polar surface area (TPSA) is 21.3 Å². The van der Waals surface area contributed by atoms with Crippen molar-refractivity contribution in [1.29, 1.82) is 0 Å². The van der Waals surface area contributed by atoms with E-state index in [-0.39, 0.29) is 5.75 Å². The first-order chi connectivity index (χ1) is 10.1. The number of rotatable bonds is 6. The number of halogens is 3. The zero-order valence-electron chi connectivity index (χ0n) is 11.6. The van der Waals surface area contributed by atoms with Crippen LogP contribution in [-0.4, -0.2) is 6.54 Å². The lowest BCUT2D eigenvalue weighted by Crippen LogP contribution is -2.14. The maximum absolute atomic E-state index is 13.5. The summed E-state index contributed by atoms with van der Waals surface area (Å²) in [6, 6.07) is 8.49. The summed E-state index contributed by atoms with van der Waals surface area (Å²) in [5.41, 5.74) is 1.08. The molecule has 0 saturated carbocycles. The van der Waals surface area contributed by atoms with Gasteiger partial charge in [-0.25, -0.2) is 8.78 Å². The van der Waals surface area contributed by atoms with E-state index in [0.717, 1.165) is 47.7 Å². The van der Waals surface area contributed by atoms with Gasteiger partial charge in [-0.05, 0) is 42.8 Å². The zero-order valence-corrected chi connectivity index (χ0v) is 13.2. The Balaban J connectivity index is 2.11. The van der Waals surface area contributed by atoms with Gasteiger partial charge in [0.2, 0.25) is 0 Å². The third-order valence-corrected chi connectivity index (χ3v) is 3.63. The van der Waals surface area contributed by atoms with Crippen LogP contribution in [0, 0.1) is 11.6 Å². The Labute approximate surface area is 131 Å². The lowest BCUT2D eigenvalue weighted by Gasteiger charge is -2.10. The van der Waals surface area contributed by atoms with E-state index >= 15 is 0 Å². The van der Waals surface area contributed by atoms with Gasteiger partial charge in [0.1, 0.15) is 11.6 Å². The predicted octanol–water partition coefficient (Wildman–Crippen LogP) is 5.02. The van der Waals surface area contributed by atoms with Crippen LogP contribution in [0.2, 0.25) is 0 Å². The normalized spacial score (nSPS) is 10.7. The molecular weight excluding hydrogens is 340 g/mol. The van der Waals surface area contributed by atoms with Crippen LogP contribution in [-0.2, 0) is 6.54 Å². The first kappa shape index (κ1) is 15.9. The van der Waals surface area contributed by atoms with E-state index in [1.165, 1.54) is 0 Å². The molecule has 0 fully saturated rings. The summed E-state index contributed by atoms with van der Waals surface area (Å²) in [6.45, 7) is 3.79. The van der Waals surface area contributed by atoms with Crippen LogP contribution in [0.25, 0.3) is 0 Å². The molecule has 0 saturated heterocycles. The highest BCUT2D eigenvalue weighted by Gasteiger charge is 2.08. The fourth-order valence-electron chi connectivity index (χ4n) is 1.82. The van der Waals surface area contributed by atoms with Crippen molar-refractivity contribution in [3.05, 3.63) is 58.1 Å². The minimum atomic E-state index is -0.596. The Bertz CT molecular complexity index is 619. The third kappa shape index (κ3) is 4.51. The molecule has 5 heteroatoms. The second-order valence-corrected chi connectivity index (χ2v) is 5.46. The first-order valence-corrected chi connectivity index (χ1v) is 7.51. The average Bonchev–Trinajstić information content (AvgIpc) is 2.45. The van der Waals surface area contributed by atoms with Crippen LogP contribution in [0.3, 0.4) is 0 Å². The maximum Gasteiger partial charge on any atom is 0.165 e. The summed E-state index contributed by atoms with van der Waals surface area (Å²) in [5.74, 6) is -0.809. The van der Waals surface area contributed by atoms with Gasteiger partial charge in [0.25, 0.3) is 0 Å². The molecule has 0 aliphatic heterocycles.